The first-order valence-electron chi connectivity index (χ1n) is 10.2. The minimum atomic E-state index is -4.60. The highest BCUT2D eigenvalue weighted by molar-refractivity contribution is 5.94. The number of aromatic nitrogens is 1. The van der Waals surface area contributed by atoms with Crippen molar-refractivity contribution in [2.24, 2.45) is 17.6 Å². The minimum Gasteiger partial charge on any atom is -0.349 e. The van der Waals surface area contributed by atoms with Gasteiger partial charge < -0.3 is 16.4 Å². The van der Waals surface area contributed by atoms with Crippen LogP contribution in [0.4, 0.5) is 27.8 Å². The number of amides is 2. The van der Waals surface area contributed by atoms with Gasteiger partial charge in [0.05, 0.1) is 12.1 Å². The Hall–Kier alpha value is -2.30. The summed E-state index contributed by atoms with van der Waals surface area (Å²) >= 11 is 0. The molecule has 0 radical (unpaired) electrons. The molecule has 31 heavy (non-hydrogen) atoms. The zero-order valence-corrected chi connectivity index (χ0v) is 16.7. The van der Waals surface area contributed by atoms with Crippen LogP contribution in [0.15, 0.2) is 18.3 Å². The molecule has 1 heterocycles. The number of hydrogen-bond acceptors (Lipinski definition) is 4. The molecule has 0 saturated heterocycles. The number of carbonyl (C=O) groups excluding carboxylic acids is 2. The molecule has 2 amide bonds. The summed E-state index contributed by atoms with van der Waals surface area (Å²) in [7, 11) is 0. The Kier molecular flexibility index (Phi) is 6.82. The quantitative estimate of drug-likeness (QED) is 0.555. The molecule has 172 valence electrons. The Labute approximate surface area is 176 Å². The van der Waals surface area contributed by atoms with Crippen LogP contribution in [0.3, 0.4) is 0 Å². The predicted molar refractivity (Wildman–Crippen MR) is 102 cm³/mol. The van der Waals surface area contributed by atoms with Gasteiger partial charge in [-0.05, 0) is 55.2 Å². The number of hydrogen-bond donors (Lipinski definition) is 3. The predicted octanol–water partition coefficient (Wildman–Crippen LogP) is 3.69. The van der Waals surface area contributed by atoms with E-state index in [1.807, 2.05) is 0 Å². The maximum Gasteiger partial charge on any atom is 0.397 e. The molecule has 4 N–H and O–H groups in total. The van der Waals surface area contributed by atoms with Crippen molar-refractivity contribution >= 4 is 17.6 Å². The first-order valence-corrected chi connectivity index (χ1v) is 10.2. The molecule has 1 unspecified atom stereocenters. The van der Waals surface area contributed by atoms with Gasteiger partial charge in [-0.15, -0.1) is 0 Å². The first kappa shape index (κ1) is 23.4. The Bertz CT molecular complexity index is 803. The average molecular weight is 448 g/mol. The lowest BCUT2D eigenvalue weighted by molar-refractivity contribution is -0.154. The van der Waals surface area contributed by atoms with Crippen molar-refractivity contribution in [3.8, 4) is 0 Å². The summed E-state index contributed by atoms with van der Waals surface area (Å²) in [6, 6.07) is 1.45. The molecule has 2 atom stereocenters. The van der Waals surface area contributed by atoms with Crippen LogP contribution in [0.1, 0.15) is 56.6 Å². The second-order valence-corrected chi connectivity index (χ2v) is 8.36. The summed E-state index contributed by atoms with van der Waals surface area (Å²) in [5.41, 5.74) is 6.48. The van der Waals surface area contributed by atoms with E-state index in [0.29, 0.717) is 5.56 Å². The average Bonchev–Trinajstić information content (AvgIpc) is 3.49. The summed E-state index contributed by atoms with van der Waals surface area (Å²) in [5, 5.41) is 4.97. The van der Waals surface area contributed by atoms with Crippen LogP contribution < -0.4 is 16.4 Å². The molecule has 0 aliphatic heterocycles. The molecule has 3 rings (SSSR count). The van der Waals surface area contributed by atoms with Gasteiger partial charge in [-0.1, -0.05) is 0 Å². The van der Waals surface area contributed by atoms with Crippen molar-refractivity contribution < 1.29 is 31.5 Å². The SMILES string of the molecule is N[C@@H](C(=O)Nc1cc(C(NC(=O)CC(F)(F)F)C2CC2)ccn1)C1CCC(F)(F)CC1. The third-order valence-corrected chi connectivity index (χ3v) is 5.74. The monoisotopic (exact) mass is 448 g/mol. The molecule has 0 aromatic carbocycles. The number of carbonyl (C=O) groups is 2. The van der Waals surface area contributed by atoms with Crippen LogP contribution >= 0.6 is 0 Å². The van der Waals surface area contributed by atoms with Gasteiger partial charge in [0, 0.05) is 19.0 Å². The number of anilines is 1. The molecule has 2 saturated carbocycles. The minimum absolute atomic E-state index is 0.00861. The van der Waals surface area contributed by atoms with E-state index in [4.69, 9.17) is 5.73 Å². The highest BCUT2D eigenvalue weighted by Gasteiger charge is 2.39. The van der Waals surface area contributed by atoms with Gasteiger partial charge in [0.15, 0.2) is 0 Å². The summed E-state index contributed by atoms with van der Waals surface area (Å²) in [4.78, 5) is 28.3. The Balaban J connectivity index is 1.63. The lowest BCUT2D eigenvalue weighted by atomic mass is 9.82. The molecule has 2 aliphatic carbocycles. The molecule has 0 bridgehead atoms. The molecule has 1 aromatic heterocycles. The van der Waals surface area contributed by atoms with Crippen molar-refractivity contribution in [3.05, 3.63) is 23.9 Å². The topological polar surface area (TPSA) is 97.1 Å². The summed E-state index contributed by atoms with van der Waals surface area (Å²) in [6.07, 6.45) is -3.61. The van der Waals surface area contributed by atoms with Gasteiger partial charge in [0.2, 0.25) is 17.7 Å². The van der Waals surface area contributed by atoms with Gasteiger partial charge in [0.25, 0.3) is 0 Å². The summed E-state index contributed by atoms with van der Waals surface area (Å²) < 4.78 is 64.1. The number of alkyl halides is 5. The van der Waals surface area contributed by atoms with Crippen molar-refractivity contribution in [2.45, 2.75) is 69.1 Å². The summed E-state index contributed by atoms with van der Waals surface area (Å²) in [6.45, 7) is 0. The fraction of sp³-hybridized carbons (Fsp3) is 0.650. The Morgan fingerprint density at radius 2 is 1.81 bits per heavy atom. The van der Waals surface area contributed by atoms with Crippen molar-refractivity contribution in [1.82, 2.24) is 10.3 Å². The Morgan fingerprint density at radius 3 is 2.39 bits per heavy atom. The second-order valence-electron chi connectivity index (χ2n) is 8.36. The van der Waals surface area contributed by atoms with E-state index < -0.39 is 42.4 Å². The maximum absolute atomic E-state index is 13.3. The number of pyridine rings is 1. The zero-order chi connectivity index (χ0) is 22.8. The number of nitrogens with zero attached hydrogens (tertiary/aromatic N) is 1. The number of rotatable bonds is 7. The third-order valence-electron chi connectivity index (χ3n) is 5.74. The van der Waals surface area contributed by atoms with Gasteiger partial charge in [-0.2, -0.15) is 13.2 Å². The highest BCUT2D eigenvalue weighted by atomic mass is 19.4. The van der Waals surface area contributed by atoms with Crippen LogP contribution in [0.25, 0.3) is 0 Å². The van der Waals surface area contributed by atoms with E-state index in [-0.39, 0.29) is 43.3 Å². The first-order chi connectivity index (χ1) is 14.4. The van der Waals surface area contributed by atoms with E-state index in [1.54, 1.807) is 6.07 Å². The second kappa shape index (κ2) is 9.05. The van der Waals surface area contributed by atoms with Crippen molar-refractivity contribution in [3.63, 3.8) is 0 Å². The van der Waals surface area contributed by atoms with E-state index in [0.717, 1.165) is 12.8 Å². The number of nitrogens with one attached hydrogen (secondary N) is 2. The zero-order valence-electron chi connectivity index (χ0n) is 16.7. The largest absolute Gasteiger partial charge is 0.397 e. The third kappa shape index (κ3) is 6.84. The van der Waals surface area contributed by atoms with Gasteiger partial charge in [0.1, 0.15) is 12.2 Å². The van der Waals surface area contributed by atoms with Crippen molar-refractivity contribution in [1.29, 1.82) is 0 Å². The van der Waals surface area contributed by atoms with Gasteiger partial charge in [-0.3, -0.25) is 9.59 Å². The molecular formula is C20H25F5N4O2. The van der Waals surface area contributed by atoms with E-state index in [2.05, 4.69) is 15.6 Å². The molecule has 2 fully saturated rings. The van der Waals surface area contributed by atoms with Crippen LogP contribution in [0.2, 0.25) is 0 Å². The van der Waals surface area contributed by atoms with E-state index in [9.17, 15) is 31.5 Å². The van der Waals surface area contributed by atoms with Crippen LogP contribution in [0, 0.1) is 11.8 Å². The molecule has 0 spiro atoms. The van der Waals surface area contributed by atoms with E-state index in [1.165, 1.54) is 12.3 Å². The molecular weight excluding hydrogens is 423 g/mol. The van der Waals surface area contributed by atoms with Gasteiger partial charge in [-0.25, -0.2) is 13.8 Å². The molecule has 6 nitrogen and oxygen atoms in total. The van der Waals surface area contributed by atoms with E-state index >= 15 is 0 Å². The smallest absolute Gasteiger partial charge is 0.349 e. The molecule has 11 heteroatoms. The van der Waals surface area contributed by atoms with Crippen LogP contribution in [-0.4, -0.2) is 34.9 Å². The fourth-order valence-electron chi connectivity index (χ4n) is 3.86. The van der Waals surface area contributed by atoms with Crippen LogP contribution in [-0.2, 0) is 9.59 Å². The Morgan fingerprint density at radius 1 is 1.16 bits per heavy atom. The standard InChI is InChI=1S/C20H25F5N4O2/c21-19(22)6-3-11(4-7-19)16(26)18(31)28-14-9-13(5-8-27-14)17(12-1-2-12)29-15(30)10-20(23,24)25/h5,8-9,11-12,16-17H,1-4,6-7,10,26H2,(H,29,30)(H,27,28,31)/t16-,17?/m1/s1. The molecule has 1 aromatic rings. The number of halogens is 5. The number of nitrogens with two attached hydrogens (primary N) is 1. The normalized spacial score (nSPS) is 21.2. The lowest BCUT2D eigenvalue weighted by Crippen LogP contribution is -2.44. The molecule has 2 aliphatic rings. The fourth-order valence-corrected chi connectivity index (χ4v) is 3.86. The summed E-state index contributed by atoms with van der Waals surface area (Å²) in [5.74, 6) is -4.64. The van der Waals surface area contributed by atoms with Crippen molar-refractivity contribution in [2.75, 3.05) is 5.32 Å². The maximum atomic E-state index is 13.3. The van der Waals surface area contributed by atoms with Crippen LogP contribution in [0.5, 0.6) is 0 Å². The van der Waals surface area contributed by atoms with Gasteiger partial charge >= 0.3 is 6.18 Å². The lowest BCUT2D eigenvalue weighted by Gasteiger charge is -2.31. The highest BCUT2D eigenvalue weighted by Crippen LogP contribution is 2.41.